The second-order valence-electron chi connectivity index (χ2n) is 7.29. The fourth-order valence-electron chi connectivity index (χ4n) is 3.51. The van der Waals surface area contributed by atoms with Crippen LogP contribution in [0.4, 0.5) is 11.6 Å². The van der Waals surface area contributed by atoms with Crippen LogP contribution in [0.3, 0.4) is 0 Å². The number of hydrogen-bond acceptors (Lipinski definition) is 5. The Morgan fingerprint density at radius 1 is 1.03 bits per heavy atom. The monoisotopic (exact) mass is 400 g/mol. The number of pyridine rings is 1. The molecule has 0 saturated carbocycles. The van der Waals surface area contributed by atoms with Crippen LogP contribution in [-0.2, 0) is 6.42 Å². The normalized spacial score (nSPS) is 10.9. The second-order valence-corrected chi connectivity index (χ2v) is 7.29. The largest absolute Gasteiger partial charge is 0.358 e. The number of nitrogens with zero attached hydrogens (tertiary/aromatic N) is 3. The van der Waals surface area contributed by atoms with Gasteiger partial charge in [0.1, 0.15) is 0 Å². The van der Waals surface area contributed by atoms with E-state index in [0.717, 1.165) is 34.7 Å². The smallest absolute Gasteiger partial charge is 0.254 e. The summed E-state index contributed by atoms with van der Waals surface area (Å²) in [5.74, 6) is 0.238. The van der Waals surface area contributed by atoms with E-state index in [1.165, 1.54) is 23.3 Å². The Morgan fingerprint density at radius 2 is 1.80 bits per heavy atom. The van der Waals surface area contributed by atoms with Crippen LogP contribution < -0.4 is 10.6 Å². The van der Waals surface area contributed by atoms with Gasteiger partial charge in [0, 0.05) is 41.2 Å². The lowest BCUT2D eigenvalue weighted by Gasteiger charge is -2.09. The molecule has 30 heavy (non-hydrogen) atoms. The Morgan fingerprint density at radius 3 is 2.57 bits per heavy atom. The van der Waals surface area contributed by atoms with Crippen molar-refractivity contribution in [3.63, 3.8) is 0 Å². The standard InChI is InChI=1S/C23H24N6O/c1-14-8-9-20(16(3)27-14)29-23-25-12-17(13-26-23)22(30)24-11-10-18-15(2)28-21-7-5-4-6-19(18)21/h4-9,12-13,28H,10-11H2,1-3H3,(H,24,30)(H,25,26,29). The molecular formula is C23H24N6O. The second kappa shape index (κ2) is 8.32. The predicted octanol–water partition coefficient (Wildman–Crippen LogP) is 3.99. The van der Waals surface area contributed by atoms with Crippen LogP contribution >= 0.6 is 0 Å². The number of hydrogen-bond donors (Lipinski definition) is 3. The van der Waals surface area contributed by atoms with Gasteiger partial charge in [-0.1, -0.05) is 18.2 Å². The summed E-state index contributed by atoms with van der Waals surface area (Å²) in [6.07, 6.45) is 3.80. The first kappa shape index (κ1) is 19.6. The molecule has 3 N–H and O–H groups in total. The van der Waals surface area contributed by atoms with Gasteiger partial charge in [0.15, 0.2) is 0 Å². The molecule has 0 spiro atoms. The number of para-hydroxylation sites is 1. The molecule has 3 aromatic heterocycles. The van der Waals surface area contributed by atoms with Gasteiger partial charge in [-0.05, 0) is 51.0 Å². The van der Waals surface area contributed by atoms with Crippen molar-refractivity contribution in [3.05, 3.63) is 77.0 Å². The van der Waals surface area contributed by atoms with E-state index in [1.54, 1.807) is 0 Å². The van der Waals surface area contributed by atoms with Crippen LogP contribution in [0, 0.1) is 20.8 Å². The molecule has 0 saturated heterocycles. The molecule has 0 aliphatic heterocycles. The number of fused-ring (bicyclic) bond motifs is 1. The van der Waals surface area contributed by atoms with E-state index in [2.05, 4.69) is 49.6 Å². The number of aryl methyl sites for hydroxylation is 3. The highest BCUT2D eigenvalue weighted by Gasteiger charge is 2.11. The topological polar surface area (TPSA) is 95.6 Å². The lowest BCUT2D eigenvalue weighted by Crippen LogP contribution is -2.26. The summed E-state index contributed by atoms with van der Waals surface area (Å²) in [4.78, 5) is 28.8. The van der Waals surface area contributed by atoms with E-state index < -0.39 is 0 Å². The molecule has 7 heteroatoms. The van der Waals surface area contributed by atoms with Gasteiger partial charge in [0.2, 0.25) is 5.95 Å². The Balaban J connectivity index is 1.36. The molecule has 0 fully saturated rings. The van der Waals surface area contributed by atoms with Gasteiger partial charge >= 0.3 is 0 Å². The number of rotatable bonds is 6. The summed E-state index contributed by atoms with van der Waals surface area (Å²) in [7, 11) is 0. The van der Waals surface area contributed by atoms with Crippen LogP contribution in [0.15, 0.2) is 48.8 Å². The number of carbonyl (C=O) groups excluding carboxylic acids is 1. The number of nitrogens with one attached hydrogen (secondary N) is 3. The molecule has 0 aliphatic rings. The maximum Gasteiger partial charge on any atom is 0.254 e. The lowest BCUT2D eigenvalue weighted by molar-refractivity contribution is 0.0953. The van der Waals surface area contributed by atoms with Crippen LogP contribution in [0.5, 0.6) is 0 Å². The highest BCUT2D eigenvalue weighted by Crippen LogP contribution is 2.22. The SMILES string of the molecule is Cc1ccc(Nc2ncc(C(=O)NCCc3c(C)[nH]c4ccccc34)cn2)c(C)n1. The quantitative estimate of drug-likeness (QED) is 0.455. The molecule has 3 heterocycles. The summed E-state index contributed by atoms with van der Waals surface area (Å²) in [6.45, 7) is 6.46. The van der Waals surface area contributed by atoms with E-state index in [9.17, 15) is 4.79 Å². The summed E-state index contributed by atoms with van der Waals surface area (Å²) >= 11 is 0. The van der Waals surface area contributed by atoms with Crippen LogP contribution in [0.1, 0.15) is 33.0 Å². The fourth-order valence-corrected chi connectivity index (χ4v) is 3.51. The molecule has 0 aliphatic carbocycles. The van der Waals surface area contributed by atoms with Crippen LogP contribution in [0.25, 0.3) is 10.9 Å². The minimum Gasteiger partial charge on any atom is -0.358 e. The minimum atomic E-state index is -0.188. The zero-order valence-corrected chi connectivity index (χ0v) is 17.3. The molecule has 1 aromatic carbocycles. The van der Waals surface area contributed by atoms with Crippen molar-refractivity contribution in [2.45, 2.75) is 27.2 Å². The number of amides is 1. The average Bonchev–Trinajstić information content (AvgIpc) is 3.06. The molecular weight excluding hydrogens is 376 g/mol. The van der Waals surface area contributed by atoms with Gasteiger partial charge in [0.05, 0.1) is 16.9 Å². The Bertz CT molecular complexity index is 1200. The number of aromatic nitrogens is 4. The third-order valence-electron chi connectivity index (χ3n) is 5.07. The van der Waals surface area contributed by atoms with Crippen molar-refractivity contribution >= 4 is 28.4 Å². The van der Waals surface area contributed by atoms with Crippen LogP contribution in [0.2, 0.25) is 0 Å². The first-order valence-corrected chi connectivity index (χ1v) is 9.89. The van der Waals surface area contributed by atoms with Gasteiger partial charge in [0.25, 0.3) is 5.91 Å². The predicted molar refractivity (Wildman–Crippen MR) is 118 cm³/mol. The highest BCUT2D eigenvalue weighted by atomic mass is 16.1. The van der Waals surface area contributed by atoms with Crippen molar-refractivity contribution in [2.75, 3.05) is 11.9 Å². The number of carbonyl (C=O) groups is 1. The van der Waals surface area contributed by atoms with Gasteiger partial charge in [-0.3, -0.25) is 9.78 Å². The van der Waals surface area contributed by atoms with E-state index in [1.807, 2.05) is 38.1 Å². The lowest BCUT2D eigenvalue weighted by atomic mass is 10.1. The minimum absolute atomic E-state index is 0.188. The summed E-state index contributed by atoms with van der Waals surface area (Å²) in [5, 5.41) is 7.28. The molecule has 0 unspecified atom stereocenters. The highest BCUT2D eigenvalue weighted by molar-refractivity contribution is 5.93. The van der Waals surface area contributed by atoms with Gasteiger partial charge < -0.3 is 15.6 Å². The van der Waals surface area contributed by atoms with E-state index in [0.29, 0.717) is 18.1 Å². The van der Waals surface area contributed by atoms with E-state index in [-0.39, 0.29) is 5.91 Å². The van der Waals surface area contributed by atoms with Gasteiger partial charge in [-0.25, -0.2) is 9.97 Å². The Labute approximate surface area is 175 Å². The number of benzene rings is 1. The maximum atomic E-state index is 12.5. The van der Waals surface area contributed by atoms with Crippen LogP contribution in [-0.4, -0.2) is 32.4 Å². The summed E-state index contributed by atoms with van der Waals surface area (Å²) in [5.41, 5.74) is 6.56. The zero-order valence-electron chi connectivity index (χ0n) is 17.3. The third kappa shape index (κ3) is 4.15. The van der Waals surface area contributed by atoms with E-state index >= 15 is 0 Å². The van der Waals surface area contributed by atoms with Crippen molar-refractivity contribution in [3.8, 4) is 0 Å². The molecule has 152 valence electrons. The van der Waals surface area contributed by atoms with Crippen molar-refractivity contribution < 1.29 is 4.79 Å². The number of aromatic amines is 1. The number of H-pyrrole nitrogens is 1. The molecule has 4 rings (SSSR count). The van der Waals surface area contributed by atoms with E-state index in [4.69, 9.17) is 0 Å². The summed E-state index contributed by atoms with van der Waals surface area (Å²) < 4.78 is 0. The molecule has 7 nitrogen and oxygen atoms in total. The van der Waals surface area contributed by atoms with Crippen molar-refractivity contribution in [1.82, 2.24) is 25.3 Å². The van der Waals surface area contributed by atoms with Gasteiger partial charge in [-0.15, -0.1) is 0 Å². The molecule has 4 aromatic rings. The first-order valence-electron chi connectivity index (χ1n) is 9.89. The maximum absolute atomic E-state index is 12.5. The fraction of sp³-hybridized carbons (Fsp3) is 0.217. The average molecular weight is 400 g/mol. The first-order chi connectivity index (χ1) is 14.5. The molecule has 0 atom stereocenters. The van der Waals surface area contributed by atoms with Crippen molar-refractivity contribution in [1.29, 1.82) is 0 Å². The van der Waals surface area contributed by atoms with Crippen molar-refractivity contribution in [2.24, 2.45) is 0 Å². The molecule has 1 amide bonds. The third-order valence-corrected chi connectivity index (χ3v) is 5.07. The zero-order chi connectivity index (χ0) is 21.1. The Kier molecular flexibility index (Phi) is 5.43. The molecule has 0 radical (unpaired) electrons. The molecule has 0 bridgehead atoms. The van der Waals surface area contributed by atoms with Gasteiger partial charge in [-0.2, -0.15) is 0 Å². The number of anilines is 2. The summed E-state index contributed by atoms with van der Waals surface area (Å²) in [6, 6.07) is 12.1. The Hall–Kier alpha value is -3.74.